The summed E-state index contributed by atoms with van der Waals surface area (Å²) in [5.74, 6) is 0.0777. The molecule has 0 saturated carbocycles. The van der Waals surface area contributed by atoms with Gasteiger partial charge in [-0.3, -0.25) is 4.79 Å². The Hall–Kier alpha value is -3.16. The largest absolute Gasteiger partial charge is 0.496 e. The Kier molecular flexibility index (Phi) is 7.65. The van der Waals surface area contributed by atoms with Crippen molar-refractivity contribution in [2.45, 2.75) is 37.2 Å². The highest BCUT2D eigenvalue weighted by Gasteiger charge is 2.29. The van der Waals surface area contributed by atoms with Crippen LogP contribution in [0.3, 0.4) is 0 Å². The van der Waals surface area contributed by atoms with E-state index in [1.807, 2.05) is 60.7 Å². The molecular weight excluding hydrogens is 448 g/mol. The van der Waals surface area contributed by atoms with Gasteiger partial charge in [0.15, 0.2) is 0 Å². The number of amides is 1. The third-order valence-corrected chi connectivity index (χ3v) is 7.97. The quantitative estimate of drug-likeness (QED) is 0.470. The van der Waals surface area contributed by atoms with Crippen molar-refractivity contribution >= 4 is 15.9 Å². The highest BCUT2D eigenvalue weighted by molar-refractivity contribution is 7.89. The van der Waals surface area contributed by atoms with Gasteiger partial charge in [-0.2, -0.15) is 4.31 Å². The van der Waals surface area contributed by atoms with Crippen molar-refractivity contribution in [3.05, 3.63) is 95.6 Å². The molecule has 6 nitrogen and oxygen atoms in total. The molecule has 1 fully saturated rings. The predicted molar refractivity (Wildman–Crippen MR) is 132 cm³/mol. The number of carbonyl (C=O) groups excluding carboxylic acids is 1. The third-order valence-electron chi connectivity index (χ3n) is 6.07. The number of nitrogens with zero attached hydrogens (tertiary/aromatic N) is 2. The van der Waals surface area contributed by atoms with Crippen LogP contribution in [-0.2, 0) is 23.1 Å². The maximum Gasteiger partial charge on any atom is 0.258 e. The number of carbonyl (C=O) groups is 1. The van der Waals surface area contributed by atoms with Crippen molar-refractivity contribution in [3.8, 4) is 5.75 Å². The lowest BCUT2D eigenvalue weighted by Gasteiger charge is -2.27. The zero-order chi connectivity index (χ0) is 24.0. The van der Waals surface area contributed by atoms with Crippen LogP contribution in [0.15, 0.2) is 83.8 Å². The zero-order valence-electron chi connectivity index (χ0n) is 19.4. The van der Waals surface area contributed by atoms with Crippen molar-refractivity contribution in [1.29, 1.82) is 0 Å². The first-order chi connectivity index (χ1) is 16.5. The van der Waals surface area contributed by atoms with Crippen LogP contribution in [-0.4, -0.2) is 43.7 Å². The third kappa shape index (κ3) is 5.48. The van der Waals surface area contributed by atoms with E-state index in [-0.39, 0.29) is 16.4 Å². The molecule has 4 rings (SSSR count). The van der Waals surface area contributed by atoms with Crippen LogP contribution in [0.4, 0.5) is 0 Å². The van der Waals surface area contributed by atoms with Crippen molar-refractivity contribution in [3.63, 3.8) is 0 Å². The molecule has 1 aliphatic heterocycles. The molecule has 0 radical (unpaired) electrons. The summed E-state index contributed by atoms with van der Waals surface area (Å²) in [5.41, 5.74) is 2.22. The van der Waals surface area contributed by atoms with Gasteiger partial charge in [0.2, 0.25) is 10.0 Å². The van der Waals surface area contributed by atoms with Gasteiger partial charge >= 0.3 is 0 Å². The summed E-state index contributed by atoms with van der Waals surface area (Å²) >= 11 is 0. The average molecular weight is 479 g/mol. The molecule has 0 aromatic heterocycles. The Bertz CT molecular complexity index is 1170. The maximum atomic E-state index is 13.8. The Morgan fingerprint density at radius 1 is 0.853 bits per heavy atom. The lowest BCUT2D eigenvalue weighted by atomic mass is 10.1. The highest BCUT2D eigenvalue weighted by Crippen LogP contribution is 2.28. The van der Waals surface area contributed by atoms with E-state index in [9.17, 15) is 13.2 Å². The van der Waals surface area contributed by atoms with Gasteiger partial charge in [-0.25, -0.2) is 8.42 Å². The van der Waals surface area contributed by atoms with Crippen LogP contribution in [0.25, 0.3) is 0 Å². The molecule has 34 heavy (non-hydrogen) atoms. The van der Waals surface area contributed by atoms with Crippen LogP contribution in [0.5, 0.6) is 5.75 Å². The minimum absolute atomic E-state index is 0.123. The Morgan fingerprint density at radius 3 is 1.94 bits per heavy atom. The Morgan fingerprint density at radius 2 is 1.41 bits per heavy atom. The van der Waals surface area contributed by atoms with Gasteiger partial charge in [0.25, 0.3) is 5.91 Å². The molecule has 0 N–H and O–H groups in total. The van der Waals surface area contributed by atoms with Gasteiger partial charge in [0.05, 0.1) is 17.6 Å². The number of sulfonamides is 1. The first-order valence-corrected chi connectivity index (χ1v) is 13.0. The molecule has 7 heteroatoms. The second-order valence-corrected chi connectivity index (χ2v) is 10.4. The molecule has 3 aromatic rings. The van der Waals surface area contributed by atoms with E-state index in [1.165, 1.54) is 23.5 Å². The fraction of sp³-hybridized carbons (Fsp3) is 0.296. The summed E-state index contributed by atoms with van der Waals surface area (Å²) in [6.07, 6.45) is 2.73. The van der Waals surface area contributed by atoms with Gasteiger partial charge in [-0.15, -0.1) is 0 Å². The minimum atomic E-state index is -3.68. The van der Waals surface area contributed by atoms with Crippen LogP contribution in [0.1, 0.15) is 40.7 Å². The van der Waals surface area contributed by atoms with E-state index < -0.39 is 10.0 Å². The van der Waals surface area contributed by atoms with Gasteiger partial charge < -0.3 is 9.64 Å². The molecule has 0 atom stereocenters. The second kappa shape index (κ2) is 10.8. The monoisotopic (exact) mass is 478 g/mol. The predicted octanol–water partition coefficient (Wildman–Crippen LogP) is 4.71. The van der Waals surface area contributed by atoms with Crippen LogP contribution >= 0.6 is 0 Å². The molecule has 1 saturated heterocycles. The number of benzene rings is 3. The van der Waals surface area contributed by atoms with E-state index >= 15 is 0 Å². The maximum absolute atomic E-state index is 13.8. The van der Waals surface area contributed by atoms with E-state index in [0.29, 0.717) is 31.9 Å². The number of hydrogen-bond donors (Lipinski definition) is 0. The molecule has 0 aliphatic carbocycles. The SMILES string of the molecule is COc1ccc(S(=O)(=O)N2CCCCC2)cc1C(=O)N(Cc1ccccc1)Cc1ccccc1. The number of piperidine rings is 1. The van der Waals surface area contributed by atoms with Crippen molar-refractivity contribution in [1.82, 2.24) is 9.21 Å². The summed E-state index contributed by atoms with van der Waals surface area (Å²) < 4.78 is 33.5. The second-order valence-electron chi connectivity index (χ2n) is 8.46. The van der Waals surface area contributed by atoms with Crippen LogP contribution < -0.4 is 4.74 Å². The molecule has 3 aromatic carbocycles. The topological polar surface area (TPSA) is 66.9 Å². The molecular formula is C27H30N2O4S. The highest BCUT2D eigenvalue weighted by atomic mass is 32.2. The van der Waals surface area contributed by atoms with E-state index in [1.54, 1.807) is 11.0 Å². The minimum Gasteiger partial charge on any atom is -0.496 e. The van der Waals surface area contributed by atoms with Gasteiger partial charge in [-0.1, -0.05) is 67.1 Å². The molecule has 0 bridgehead atoms. The number of hydrogen-bond acceptors (Lipinski definition) is 4. The van der Waals surface area contributed by atoms with Gasteiger partial charge in [0.1, 0.15) is 5.75 Å². The summed E-state index contributed by atoms with van der Waals surface area (Å²) in [6.45, 7) is 1.79. The first-order valence-electron chi connectivity index (χ1n) is 11.5. The zero-order valence-corrected chi connectivity index (χ0v) is 20.2. The number of ether oxygens (including phenoxy) is 1. The summed E-state index contributed by atoms with van der Waals surface area (Å²) in [7, 11) is -2.19. The smallest absolute Gasteiger partial charge is 0.258 e. The Balaban J connectivity index is 1.70. The standard InChI is InChI=1S/C27H30N2O4S/c1-33-26-16-15-24(34(31,32)29-17-9-4-10-18-29)19-25(26)27(30)28(20-22-11-5-2-6-12-22)21-23-13-7-3-8-14-23/h2-3,5-8,11-16,19H,4,9-10,17-18,20-21H2,1H3. The van der Waals surface area contributed by atoms with Crippen molar-refractivity contribution in [2.24, 2.45) is 0 Å². The lowest BCUT2D eigenvalue weighted by molar-refractivity contribution is 0.0726. The van der Waals surface area contributed by atoms with E-state index in [2.05, 4.69) is 0 Å². The lowest BCUT2D eigenvalue weighted by Crippen LogP contribution is -2.36. The molecule has 1 aliphatic rings. The first kappa shape index (κ1) is 24.0. The fourth-order valence-electron chi connectivity index (χ4n) is 4.25. The van der Waals surface area contributed by atoms with E-state index in [4.69, 9.17) is 4.74 Å². The number of rotatable bonds is 8. The van der Waals surface area contributed by atoms with E-state index in [0.717, 1.165) is 30.4 Å². The normalized spacial score (nSPS) is 14.5. The van der Waals surface area contributed by atoms with Gasteiger partial charge in [0, 0.05) is 26.2 Å². The molecule has 0 spiro atoms. The molecule has 0 unspecified atom stereocenters. The average Bonchev–Trinajstić information content (AvgIpc) is 2.89. The van der Waals surface area contributed by atoms with Gasteiger partial charge in [-0.05, 0) is 42.2 Å². The fourth-order valence-corrected chi connectivity index (χ4v) is 5.79. The van der Waals surface area contributed by atoms with Crippen LogP contribution in [0, 0.1) is 0 Å². The summed E-state index contributed by atoms with van der Waals surface area (Å²) in [5, 5.41) is 0. The number of methoxy groups -OCH3 is 1. The summed E-state index contributed by atoms with van der Waals surface area (Å²) in [4.78, 5) is 15.7. The van der Waals surface area contributed by atoms with Crippen molar-refractivity contribution < 1.29 is 17.9 Å². The van der Waals surface area contributed by atoms with Crippen molar-refractivity contribution in [2.75, 3.05) is 20.2 Å². The van der Waals surface area contributed by atoms with Crippen LogP contribution in [0.2, 0.25) is 0 Å². The Labute approximate surface area is 201 Å². The molecule has 1 amide bonds. The molecule has 1 heterocycles. The molecule has 178 valence electrons. The summed E-state index contributed by atoms with van der Waals surface area (Å²) in [6, 6.07) is 24.1.